The van der Waals surface area contributed by atoms with Crippen LogP contribution in [0.3, 0.4) is 0 Å². The van der Waals surface area contributed by atoms with Crippen LogP contribution in [0.1, 0.15) is 57.8 Å². The first-order valence-corrected chi connectivity index (χ1v) is 7.83. The Morgan fingerprint density at radius 2 is 1.72 bits per heavy atom. The van der Waals surface area contributed by atoms with Crippen molar-refractivity contribution in [3.05, 3.63) is 0 Å². The first kappa shape index (κ1) is 12.9. The van der Waals surface area contributed by atoms with Gasteiger partial charge in [0.1, 0.15) is 0 Å². The van der Waals surface area contributed by atoms with Gasteiger partial charge in [-0.1, -0.05) is 25.7 Å². The molecule has 2 aliphatic carbocycles. The Balaban J connectivity index is 1.65. The number of aliphatic hydroxyl groups excluding tert-OH is 1. The smallest absolute Gasteiger partial charge is 0.0700 e. The SMILES string of the molecule is OC1CCCCC1N1CCC2(O)CCCCC2C1. The van der Waals surface area contributed by atoms with E-state index in [9.17, 15) is 10.2 Å². The molecule has 2 saturated carbocycles. The Hall–Kier alpha value is -0.120. The van der Waals surface area contributed by atoms with Gasteiger partial charge in [-0.2, -0.15) is 0 Å². The Morgan fingerprint density at radius 1 is 0.944 bits per heavy atom. The van der Waals surface area contributed by atoms with Crippen LogP contribution in [0.2, 0.25) is 0 Å². The molecule has 104 valence electrons. The Bertz CT molecular complexity index is 294. The molecule has 0 spiro atoms. The van der Waals surface area contributed by atoms with Gasteiger partial charge in [-0.05, 0) is 32.1 Å². The molecule has 3 aliphatic rings. The predicted octanol–water partition coefficient (Wildman–Crippen LogP) is 1.92. The van der Waals surface area contributed by atoms with Gasteiger partial charge in [-0.15, -0.1) is 0 Å². The second kappa shape index (κ2) is 5.10. The normalized spacial score (nSPS) is 46.7. The Kier molecular flexibility index (Phi) is 3.65. The van der Waals surface area contributed by atoms with Gasteiger partial charge >= 0.3 is 0 Å². The quantitative estimate of drug-likeness (QED) is 0.750. The van der Waals surface area contributed by atoms with Crippen LogP contribution in [0.25, 0.3) is 0 Å². The van der Waals surface area contributed by atoms with Crippen molar-refractivity contribution < 1.29 is 10.2 Å². The second-order valence-corrected chi connectivity index (χ2v) is 6.71. The maximum absolute atomic E-state index is 10.7. The molecule has 3 nitrogen and oxygen atoms in total. The zero-order valence-corrected chi connectivity index (χ0v) is 11.4. The lowest BCUT2D eigenvalue weighted by Gasteiger charge is -2.50. The molecule has 3 fully saturated rings. The first-order valence-electron chi connectivity index (χ1n) is 7.83. The lowest BCUT2D eigenvalue weighted by Crippen LogP contribution is -2.58. The summed E-state index contributed by atoms with van der Waals surface area (Å²) in [4.78, 5) is 2.48. The average molecular weight is 253 g/mol. The van der Waals surface area contributed by atoms with E-state index in [0.717, 1.165) is 38.8 Å². The van der Waals surface area contributed by atoms with Crippen LogP contribution in [0, 0.1) is 5.92 Å². The second-order valence-electron chi connectivity index (χ2n) is 6.71. The van der Waals surface area contributed by atoms with Gasteiger partial charge < -0.3 is 10.2 Å². The minimum Gasteiger partial charge on any atom is -0.391 e. The molecule has 1 saturated heterocycles. The van der Waals surface area contributed by atoms with Gasteiger partial charge in [0.2, 0.25) is 0 Å². The van der Waals surface area contributed by atoms with E-state index in [-0.39, 0.29) is 11.7 Å². The van der Waals surface area contributed by atoms with Gasteiger partial charge in [-0.25, -0.2) is 0 Å². The fraction of sp³-hybridized carbons (Fsp3) is 1.00. The average Bonchev–Trinajstić information content (AvgIpc) is 2.38. The number of fused-ring (bicyclic) bond motifs is 1. The molecule has 2 N–H and O–H groups in total. The van der Waals surface area contributed by atoms with Crippen molar-refractivity contribution >= 4 is 0 Å². The molecule has 18 heavy (non-hydrogen) atoms. The highest BCUT2D eigenvalue weighted by molar-refractivity contribution is 4.98. The summed E-state index contributed by atoms with van der Waals surface area (Å²) in [7, 11) is 0. The number of hydrogen-bond donors (Lipinski definition) is 2. The maximum Gasteiger partial charge on any atom is 0.0700 e. The van der Waals surface area contributed by atoms with Crippen LogP contribution in [-0.4, -0.2) is 45.9 Å². The lowest BCUT2D eigenvalue weighted by atomic mass is 9.70. The van der Waals surface area contributed by atoms with Crippen molar-refractivity contribution in [3.63, 3.8) is 0 Å². The molecule has 3 rings (SSSR count). The molecule has 0 aromatic rings. The van der Waals surface area contributed by atoms with Crippen LogP contribution in [0.4, 0.5) is 0 Å². The molecule has 4 atom stereocenters. The number of piperidine rings is 1. The third kappa shape index (κ3) is 2.33. The number of rotatable bonds is 1. The summed E-state index contributed by atoms with van der Waals surface area (Å²) in [6, 6.07) is 0.366. The van der Waals surface area contributed by atoms with Crippen LogP contribution in [-0.2, 0) is 0 Å². The number of nitrogens with zero attached hydrogens (tertiary/aromatic N) is 1. The minimum absolute atomic E-state index is 0.131. The molecule has 4 unspecified atom stereocenters. The van der Waals surface area contributed by atoms with Gasteiger partial charge in [0.25, 0.3) is 0 Å². The van der Waals surface area contributed by atoms with Crippen molar-refractivity contribution in [1.29, 1.82) is 0 Å². The van der Waals surface area contributed by atoms with E-state index in [1.165, 1.54) is 32.1 Å². The molecular formula is C15H27NO2. The van der Waals surface area contributed by atoms with Crippen molar-refractivity contribution in [3.8, 4) is 0 Å². The molecule has 0 aromatic heterocycles. The van der Waals surface area contributed by atoms with Crippen molar-refractivity contribution in [1.82, 2.24) is 4.90 Å². The molecule has 1 heterocycles. The molecule has 0 aromatic carbocycles. The zero-order valence-electron chi connectivity index (χ0n) is 11.4. The highest BCUT2D eigenvalue weighted by Gasteiger charge is 2.44. The topological polar surface area (TPSA) is 43.7 Å². The number of aliphatic hydroxyl groups is 2. The fourth-order valence-corrected chi connectivity index (χ4v) is 4.42. The standard InChI is InChI=1S/C15H27NO2/c17-14-7-2-1-6-13(14)16-10-9-15(18)8-4-3-5-12(15)11-16/h12-14,17-18H,1-11H2. The highest BCUT2D eigenvalue weighted by Crippen LogP contribution is 2.41. The molecule has 0 radical (unpaired) electrons. The maximum atomic E-state index is 10.7. The van der Waals surface area contributed by atoms with Gasteiger partial charge in [-0.3, -0.25) is 4.90 Å². The zero-order chi connectivity index (χ0) is 12.6. The summed E-state index contributed by atoms with van der Waals surface area (Å²) >= 11 is 0. The van der Waals surface area contributed by atoms with Crippen LogP contribution in [0.5, 0.6) is 0 Å². The summed E-state index contributed by atoms with van der Waals surface area (Å²) in [6.45, 7) is 1.99. The van der Waals surface area contributed by atoms with Gasteiger partial charge in [0.05, 0.1) is 11.7 Å². The van der Waals surface area contributed by atoms with E-state index in [4.69, 9.17) is 0 Å². The highest BCUT2D eigenvalue weighted by atomic mass is 16.3. The van der Waals surface area contributed by atoms with Gasteiger partial charge in [0, 0.05) is 25.0 Å². The third-order valence-corrected chi connectivity index (χ3v) is 5.62. The fourth-order valence-electron chi connectivity index (χ4n) is 4.42. The molecular weight excluding hydrogens is 226 g/mol. The lowest BCUT2D eigenvalue weighted by molar-refractivity contribution is -0.115. The summed E-state index contributed by atoms with van der Waals surface area (Å²) in [5.74, 6) is 0.453. The summed E-state index contributed by atoms with van der Waals surface area (Å²) in [5.41, 5.74) is -0.381. The summed E-state index contributed by atoms with van der Waals surface area (Å²) in [6.07, 6.45) is 9.98. The van der Waals surface area contributed by atoms with E-state index in [1.807, 2.05) is 0 Å². The predicted molar refractivity (Wildman–Crippen MR) is 71.4 cm³/mol. The van der Waals surface area contributed by atoms with E-state index < -0.39 is 0 Å². The Morgan fingerprint density at radius 3 is 2.56 bits per heavy atom. The van der Waals surface area contributed by atoms with E-state index in [2.05, 4.69) is 4.90 Å². The van der Waals surface area contributed by atoms with E-state index >= 15 is 0 Å². The van der Waals surface area contributed by atoms with Crippen molar-refractivity contribution in [2.24, 2.45) is 5.92 Å². The number of hydrogen-bond acceptors (Lipinski definition) is 3. The van der Waals surface area contributed by atoms with Crippen LogP contribution >= 0.6 is 0 Å². The first-order chi connectivity index (χ1) is 8.69. The minimum atomic E-state index is -0.381. The van der Waals surface area contributed by atoms with E-state index in [1.54, 1.807) is 0 Å². The van der Waals surface area contributed by atoms with E-state index in [0.29, 0.717) is 12.0 Å². The third-order valence-electron chi connectivity index (χ3n) is 5.62. The van der Waals surface area contributed by atoms with Crippen molar-refractivity contribution in [2.45, 2.75) is 75.5 Å². The van der Waals surface area contributed by atoms with Gasteiger partial charge in [0.15, 0.2) is 0 Å². The molecule has 0 bridgehead atoms. The molecule has 3 heteroatoms. The largest absolute Gasteiger partial charge is 0.391 e. The monoisotopic (exact) mass is 253 g/mol. The van der Waals surface area contributed by atoms with Crippen LogP contribution < -0.4 is 0 Å². The van der Waals surface area contributed by atoms with Crippen LogP contribution in [0.15, 0.2) is 0 Å². The number of likely N-dealkylation sites (tertiary alicyclic amines) is 1. The van der Waals surface area contributed by atoms with Crippen molar-refractivity contribution in [2.75, 3.05) is 13.1 Å². The summed E-state index contributed by atoms with van der Waals surface area (Å²) in [5, 5.41) is 20.9. The Labute approximate surface area is 110 Å². The molecule has 0 amide bonds. The summed E-state index contributed by atoms with van der Waals surface area (Å²) < 4.78 is 0. The molecule has 1 aliphatic heterocycles.